The topological polar surface area (TPSA) is 25.2 Å². The summed E-state index contributed by atoms with van der Waals surface area (Å²) >= 11 is 3.27. The van der Waals surface area contributed by atoms with Gasteiger partial charge in [0.15, 0.2) is 0 Å². The minimum atomic E-state index is 0.754. The van der Waals surface area contributed by atoms with Gasteiger partial charge in [-0.15, -0.1) is 0 Å². The molecule has 3 heteroatoms. The third kappa shape index (κ3) is 2.77. The van der Waals surface area contributed by atoms with Crippen LogP contribution in [0.3, 0.4) is 0 Å². The maximum atomic E-state index is 4.22. The van der Waals surface area contributed by atoms with Crippen LogP contribution in [0.4, 0.5) is 0 Å². The lowest BCUT2D eigenvalue weighted by Gasteiger charge is -1.91. The molecule has 0 aromatic carbocycles. The average molecular weight is 239 g/mol. The molecule has 0 atom stereocenters. The number of hydrogen-bond donors (Lipinski definition) is 0. The molecule has 1 aromatic heterocycles. The van der Waals surface area contributed by atoms with E-state index in [4.69, 9.17) is 0 Å². The highest BCUT2D eigenvalue weighted by atomic mass is 79.9. The number of alkyl halides is 1. The van der Waals surface area contributed by atoms with Gasteiger partial charge in [-0.25, -0.2) is 0 Å². The minimum Gasteiger partial charge on any atom is -0.263 e. The Balaban J connectivity index is 3.25. The predicted molar refractivity (Wildman–Crippen MR) is 60.4 cm³/mol. The Hall–Kier alpha value is -0.960. The maximum Gasteiger partial charge on any atom is 0.0907 e. The molecule has 68 valence electrons. The first-order valence-corrected chi connectivity index (χ1v) is 5.07. The van der Waals surface area contributed by atoms with Crippen LogP contribution in [0.2, 0.25) is 0 Å². The Morgan fingerprint density at radius 3 is 3.15 bits per heavy atom. The zero-order valence-electron chi connectivity index (χ0n) is 7.50. The minimum absolute atomic E-state index is 0.754. The van der Waals surface area contributed by atoms with Crippen LogP contribution < -0.4 is 10.6 Å². The largest absolute Gasteiger partial charge is 0.263 e. The van der Waals surface area contributed by atoms with Crippen LogP contribution >= 0.6 is 15.9 Å². The summed E-state index contributed by atoms with van der Waals surface area (Å²) in [5.41, 5.74) is 0.894. The molecule has 0 amide bonds. The van der Waals surface area contributed by atoms with Crippen LogP contribution in [0.15, 0.2) is 23.3 Å². The van der Waals surface area contributed by atoms with Crippen molar-refractivity contribution in [1.29, 1.82) is 0 Å². The molecule has 1 rings (SSSR count). The van der Waals surface area contributed by atoms with Gasteiger partial charge in [0.1, 0.15) is 0 Å². The number of rotatable bonds is 2. The number of nitrogens with zero attached hydrogens (tertiary/aromatic N) is 2. The molecule has 0 saturated heterocycles. The van der Waals surface area contributed by atoms with Gasteiger partial charge in [0.2, 0.25) is 0 Å². The van der Waals surface area contributed by atoms with Gasteiger partial charge >= 0.3 is 0 Å². The van der Waals surface area contributed by atoms with Crippen molar-refractivity contribution in [2.75, 3.05) is 5.33 Å². The second kappa shape index (κ2) is 4.92. The highest BCUT2D eigenvalue weighted by Crippen LogP contribution is 1.89. The number of hydrogen-bond acceptors (Lipinski definition) is 2. The van der Waals surface area contributed by atoms with E-state index in [0.717, 1.165) is 21.6 Å². The molecular formula is C10H11BrN2. The summed E-state index contributed by atoms with van der Waals surface area (Å²) in [6.07, 6.45) is 3.54. The van der Waals surface area contributed by atoms with Gasteiger partial charge < -0.3 is 0 Å². The van der Waals surface area contributed by atoms with Crippen molar-refractivity contribution in [2.24, 2.45) is 4.99 Å². The third-order valence-electron chi connectivity index (χ3n) is 1.59. The van der Waals surface area contributed by atoms with E-state index in [1.54, 1.807) is 12.4 Å². The van der Waals surface area contributed by atoms with E-state index < -0.39 is 0 Å². The standard InChI is InChI=1S/C10H11BrN2/c1-8-4-3-6-13-10(8)9(2)12-7-5-11/h3-4,6-7H,1,5H2,2H3/b10-9+,12-7-. The summed E-state index contributed by atoms with van der Waals surface area (Å²) in [7, 11) is 0. The molecule has 0 aliphatic rings. The molecule has 0 aliphatic carbocycles. The molecule has 0 saturated carbocycles. The van der Waals surface area contributed by atoms with Crippen molar-refractivity contribution >= 4 is 34.4 Å². The summed E-state index contributed by atoms with van der Waals surface area (Å²) in [5, 5.41) is 2.52. The molecular weight excluding hydrogens is 228 g/mol. The van der Waals surface area contributed by atoms with Crippen LogP contribution in [-0.4, -0.2) is 16.5 Å². The molecule has 0 unspecified atom stereocenters. The molecule has 1 heterocycles. The summed E-state index contributed by atoms with van der Waals surface area (Å²) in [4.78, 5) is 8.42. The first-order valence-electron chi connectivity index (χ1n) is 3.95. The molecule has 2 nitrogen and oxygen atoms in total. The van der Waals surface area contributed by atoms with E-state index >= 15 is 0 Å². The molecule has 1 aromatic rings. The van der Waals surface area contributed by atoms with Crippen molar-refractivity contribution in [3.05, 3.63) is 28.9 Å². The number of aliphatic imine (C=N–C) groups is 1. The summed E-state index contributed by atoms with van der Waals surface area (Å²) in [6, 6.07) is 3.79. The summed E-state index contributed by atoms with van der Waals surface area (Å²) < 4.78 is 0. The average Bonchev–Trinajstić information content (AvgIpc) is 2.15. The van der Waals surface area contributed by atoms with Crippen LogP contribution in [-0.2, 0) is 0 Å². The maximum absolute atomic E-state index is 4.22. The lowest BCUT2D eigenvalue weighted by Crippen LogP contribution is -2.27. The zero-order chi connectivity index (χ0) is 9.68. The number of aromatic nitrogens is 1. The van der Waals surface area contributed by atoms with E-state index in [-0.39, 0.29) is 0 Å². The second-order valence-electron chi connectivity index (χ2n) is 2.56. The Bertz CT molecular complexity index is 409. The lowest BCUT2D eigenvalue weighted by molar-refractivity contribution is 1.19. The second-order valence-corrected chi connectivity index (χ2v) is 3.21. The molecule has 0 bridgehead atoms. The molecule has 0 radical (unpaired) electrons. The monoisotopic (exact) mass is 238 g/mol. The fourth-order valence-corrected chi connectivity index (χ4v) is 1.14. The van der Waals surface area contributed by atoms with Gasteiger partial charge in [0.25, 0.3) is 0 Å². The van der Waals surface area contributed by atoms with Crippen molar-refractivity contribution in [3.63, 3.8) is 0 Å². The SMILES string of the molecule is C=c1cccn/c1=C(C)/N=C\CBr. The molecule has 13 heavy (non-hydrogen) atoms. The van der Waals surface area contributed by atoms with Gasteiger partial charge in [-0.3, -0.25) is 9.98 Å². The first-order chi connectivity index (χ1) is 6.25. The van der Waals surface area contributed by atoms with E-state index in [0.29, 0.717) is 0 Å². The van der Waals surface area contributed by atoms with Crippen molar-refractivity contribution < 1.29 is 0 Å². The smallest absolute Gasteiger partial charge is 0.0907 e. The number of pyridine rings is 1. The van der Waals surface area contributed by atoms with Crippen LogP contribution in [0, 0.1) is 0 Å². The normalized spacial score (nSPS) is 13.4. The highest BCUT2D eigenvalue weighted by Gasteiger charge is 1.88. The van der Waals surface area contributed by atoms with Crippen LogP contribution in [0.25, 0.3) is 12.3 Å². The van der Waals surface area contributed by atoms with E-state index in [2.05, 4.69) is 32.5 Å². The van der Waals surface area contributed by atoms with Crippen LogP contribution in [0.5, 0.6) is 0 Å². The molecule has 0 spiro atoms. The quantitative estimate of drug-likeness (QED) is 0.560. The van der Waals surface area contributed by atoms with Gasteiger partial charge in [0, 0.05) is 17.7 Å². The van der Waals surface area contributed by atoms with E-state index in [1.165, 1.54) is 0 Å². The Morgan fingerprint density at radius 2 is 2.54 bits per heavy atom. The first kappa shape index (κ1) is 10.1. The van der Waals surface area contributed by atoms with Crippen molar-refractivity contribution in [3.8, 4) is 0 Å². The Labute approximate surface area is 85.9 Å². The fraction of sp³-hybridized carbons (Fsp3) is 0.200. The summed E-state index contributed by atoms with van der Waals surface area (Å²) in [6.45, 7) is 5.81. The molecule has 0 aliphatic heterocycles. The molecule has 0 N–H and O–H groups in total. The predicted octanol–water partition coefficient (Wildman–Crippen LogP) is 1.09. The van der Waals surface area contributed by atoms with Crippen LogP contribution in [0.1, 0.15) is 6.92 Å². The van der Waals surface area contributed by atoms with Gasteiger partial charge in [-0.05, 0) is 18.2 Å². The van der Waals surface area contributed by atoms with Crippen molar-refractivity contribution in [1.82, 2.24) is 4.98 Å². The Morgan fingerprint density at radius 1 is 1.77 bits per heavy atom. The van der Waals surface area contributed by atoms with E-state index in [9.17, 15) is 0 Å². The van der Waals surface area contributed by atoms with Gasteiger partial charge in [-0.2, -0.15) is 0 Å². The fourth-order valence-electron chi connectivity index (χ4n) is 0.997. The van der Waals surface area contributed by atoms with Gasteiger partial charge in [-0.1, -0.05) is 28.6 Å². The third-order valence-corrected chi connectivity index (χ3v) is 1.88. The zero-order valence-corrected chi connectivity index (χ0v) is 9.08. The molecule has 0 fully saturated rings. The summed E-state index contributed by atoms with van der Waals surface area (Å²) in [5.74, 6) is 0. The van der Waals surface area contributed by atoms with Crippen molar-refractivity contribution in [2.45, 2.75) is 6.92 Å². The van der Waals surface area contributed by atoms with Gasteiger partial charge in [0.05, 0.1) is 11.0 Å². The lowest BCUT2D eigenvalue weighted by atomic mass is 10.3. The Kier molecular flexibility index (Phi) is 3.83. The highest BCUT2D eigenvalue weighted by molar-refractivity contribution is 9.09. The number of halogens is 1. The van der Waals surface area contributed by atoms with E-state index in [1.807, 2.05) is 19.1 Å².